The summed E-state index contributed by atoms with van der Waals surface area (Å²) in [7, 11) is 0. The molecule has 1 aromatic rings. The molecule has 1 amide bonds. The van der Waals surface area contributed by atoms with Gasteiger partial charge >= 0.3 is 12.2 Å². The molecule has 0 aliphatic rings. The molecular formula is C35H59NO7. The molecule has 0 saturated carbocycles. The molecule has 1 aromatic carbocycles. The zero-order valence-corrected chi connectivity index (χ0v) is 28.0. The number of rotatable bonds is 21. The van der Waals surface area contributed by atoms with E-state index in [1.807, 2.05) is 30.3 Å². The summed E-state index contributed by atoms with van der Waals surface area (Å²) in [5, 5.41) is 2.72. The Kier molecular flexibility index (Phi) is 18.9. The Balaban J connectivity index is 2.79. The van der Waals surface area contributed by atoms with Crippen LogP contribution in [-0.4, -0.2) is 48.0 Å². The molecule has 0 heterocycles. The molecule has 0 aromatic heterocycles. The summed E-state index contributed by atoms with van der Waals surface area (Å²) in [6.45, 7) is 12.5. The van der Waals surface area contributed by atoms with Gasteiger partial charge in [0, 0.05) is 6.42 Å². The Hall–Kier alpha value is -2.61. The highest BCUT2D eigenvalue weighted by Crippen LogP contribution is 2.17. The van der Waals surface area contributed by atoms with E-state index in [-0.39, 0.29) is 19.0 Å². The maximum absolute atomic E-state index is 13.5. The molecule has 0 unspecified atom stereocenters. The number of Topliss-reactive ketones (excluding diaryl/α,β-unsaturated/α-hetero) is 1. The lowest BCUT2D eigenvalue weighted by molar-refractivity contribution is -0.135. The third kappa shape index (κ3) is 20.9. The smallest absolute Gasteiger partial charge is 0.444 e. The molecule has 0 radical (unpaired) electrons. The average Bonchev–Trinajstić information content (AvgIpc) is 2.90. The molecule has 0 aliphatic carbocycles. The van der Waals surface area contributed by atoms with Crippen LogP contribution in [-0.2, 0) is 30.3 Å². The maximum atomic E-state index is 13.5. The van der Waals surface area contributed by atoms with Crippen molar-refractivity contribution >= 4 is 18.0 Å². The van der Waals surface area contributed by atoms with Gasteiger partial charge in [0.25, 0.3) is 0 Å². The van der Waals surface area contributed by atoms with Crippen molar-refractivity contribution in [2.24, 2.45) is 0 Å². The fourth-order valence-electron chi connectivity index (χ4n) is 4.58. The van der Waals surface area contributed by atoms with Gasteiger partial charge in [0.05, 0.1) is 12.6 Å². The summed E-state index contributed by atoms with van der Waals surface area (Å²) in [6, 6.07) is 8.53. The number of hydrogen-bond acceptors (Lipinski definition) is 7. The standard InChI is InChI=1S/C35H59NO7/c1-8-9-10-11-12-13-14-15-16-17-18-22-25-30(37)31(40-26-28-23-20-19-21-24-28)29(36-32(38)42-34(2,3)4)27-41-33(39)43-35(5,6)7/h19-21,23-24,29,31H,8-18,22,25-27H2,1-7H3,(H,36,38)/t29-,31+/m0/s1. The molecule has 8 heteroatoms. The van der Waals surface area contributed by atoms with E-state index in [0.29, 0.717) is 6.42 Å². The molecular weight excluding hydrogens is 546 g/mol. The van der Waals surface area contributed by atoms with Crippen LogP contribution in [0.1, 0.15) is 138 Å². The van der Waals surface area contributed by atoms with Gasteiger partial charge in [-0.15, -0.1) is 0 Å². The van der Waals surface area contributed by atoms with Gasteiger partial charge in [-0.3, -0.25) is 4.79 Å². The Morgan fingerprint density at radius 3 is 1.74 bits per heavy atom. The second-order valence-electron chi connectivity index (χ2n) is 13.4. The first-order valence-electron chi connectivity index (χ1n) is 16.3. The molecule has 0 aliphatic heterocycles. The van der Waals surface area contributed by atoms with Crippen molar-refractivity contribution in [3.8, 4) is 0 Å². The van der Waals surface area contributed by atoms with Crippen LogP contribution in [0.3, 0.4) is 0 Å². The number of hydrogen-bond donors (Lipinski definition) is 1. The van der Waals surface area contributed by atoms with Gasteiger partial charge in [-0.05, 0) is 53.5 Å². The predicted octanol–water partition coefficient (Wildman–Crippen LogP) is 9.08. The van der Waals surface area contributed by atoms with Gasteiger partial charge in [-0.2, -0.15) is 0 Å². The zero-order chi connectivity index (χ0) is 32.1. The highest BCUT2D eigenvalue weighted by molar-refractivity contribution is 5.84. The van der Waals surface area contributed by atoms with Crippen LogP contribution in [0.4, 0.5) is 9.59 Å². The Bertz CT molecular complexity index is 905. The predicted molar refractivity (Wildman–Crippen MR) is 171 cm³/mol. The van der Waals surface area contributed by atoms with Gasteiger partial charge < -0.3 is 24.3 Å². The highest BCUT2D eigenvalue weighted by Gasteiger charge is 2.33. The van der Waals surface area contributed by atoms with Gasteiger partial charge in [0.2, 0.25) is 0 Å². The minimum absolute atomic E-state index is 0.156. The van der Waals surface area contributed by atoms with E-state index in [9.17, 15) is 14.4 Å². The first-order chi connectivity index (χ1) is 20.3. The molecule has 0 fully saturated rings. The number of amides is 1. The second-order valence-corrected chi connectivity index (χ2v) is 13.4. The lowest BCUT2D eigenvalue weighted by Gasteiger charge is -2.29. The third-order valence-corrected chi connectivity index (χ3v) is 6.70. The van der Waals surface area contributed by atoms with Crippen LogP contribution < -0.4 is 5.32 Å². The number of carbonyl (C=O) groups is 3. The van der Waals surface area contributed by atoms with Crippen molar-refractivity contribution in [2.75, 3.05) is 6.61 Å². The van der Waals surface area contributed by atoms with Gasteiger partial charge in [-0.25, -0.2) is 9.59 Å². The van der Waals surface area contributed by atoms with Crippen molar-refractivity contribution in [2.45, 2.75) is 162 Å². The fourth-order valence-corrected chi connectivity index (χ4v) is 4.58. The van der Waals surface area contributed by atoms with E-state index in [1.54, 1.807) is 41.5 Å². The molecule has 1 rings (SSSR count). The van der Waals surface area contributed by atoms with E-state index in [4.69, 9.17) is 18.9 Å². The number of carbonyl (C=O) groups excluding carboxylic acids is 3. The number of unbranched alkanes of at least 4 members (excludes halogenated alkanes) is 11. The molecule has 0 saturated heterocycles. The Morgan fingerprint density at radius 2 is 1.23 bits per heavy atom. The fraction of sp³-hybridized carbons (Fsp3) is 0.743. The Labute approximate surface area is 261 Å². The lowest BCUT2D eigenvalue weighted by atomic mass is 10.0. The minimum atomic E-state index is -1.04. The number of benzene rings is 1. The lowest BCUT2D eigenvalue weighted by Crippen LogP contribution is -2.52. The van der Waals surface area contributed by atoms with Crippen molar-refractivity contribution in [1.82, 2.24) is 5.32 Å². The van der Waals surface area contributed by atoms with E-state index >= 15 is 0 Å². The SMILES string of the molecule is CCCCCCCCCCCCCCC(=O)[C@H](OCc1ccccc1)[C@H](COC(=O)OC(C)(C)C)NC(=O)OC(C)(C)C. The van der Waals surface area contributed by atoms with Crippen LogP contribution in [0.25, 0.3) is 0 Å². The minimum Gasteiger partial charge on any atom is -0.444 e. The summed E-state index contributed by atoms with van der Waals surface area (Å²) in [5.41, 5.74) is -0.617. The average molecular weight is 606 g/mol. The molecule has 2 atom stereocenters. The highest BCUT2D eigenvalue weighted by atomic mass is 16.7. The van der Waals surface area contributed by atoms with Crippen LogP contribution in [0.2, 0.25) is 0 Å². The van der Waals surface area contributed by atoms with Gasteiger partial charge in [0.1, 0.15) is 23.9 Å². The van der Waals surface area contributed by atoms with E-state index < -0.39 is 35.6 Å². The van der Waals surface area contributed by atoms with E-state index in [2.05, 4.69) is 12.2 Å². The summed E-state index contributed by atoms with van der Waals surface area (Å²) in [6.07, 6.45) is 12.0. The quantitative estimate of drug-likeness (QED) is 0.110. The van der Waals surface area contributed by atoms with Crippen molar-refractivity contribution in [1.29, 1.82) is 0 Å². The number of alkyl carbamates (subject to hydrolysis) is 1. The second kappa shape index (κ2) is 21.2. The number of nitrogens with one attached hydrogen (secondary N) is 1. The van der Waals surface area contributed by atoms with E-state index in [1.165, 1.54) is 57.8 Å². The van der Waals surface area contributed by atoms with Crippen molar-refractivity contribution in [3.63, 3.8) is 0 Å². The molecule has 246 valence electrons. The monoisotopic (exact) mass is 605 g/mol. The number of ether oxygens (including phenoxy) is 4. The molecule has 43 heavy (non-hydrogen) atoms. The largest absolute Gasteiger partial charge is 0.508 e. The molecule has 0 bridgehead atoms. The summed E-state index contributed by atoms with van der Waals surface area (Å²) < 4.78 is 22.2. The molecule has 0 spiro atoms. The normalized spacial score (nSPS) is 13.2. The molecule has 1 N–H and O–H groups in total. The van der Waals surface area contributed by atoms with Crippen LogP contribution in [0.5, 0.6) is 0 Å². The first-order valence-corrected chi connectivity index (χ1v) is 16.3. The topological polar surface area (TPSA) is 100 Å². The van der Waals surface area contributed by atoms with Gasteiger partial charge in [-0.1, -0.05) is 108 Å². The van der Waals surface area contributed by atoms with Crippen LogP contribution in [0.15, 0.2) is 30.3 Å². The van der Waals surface area contributed by atoms with Crippen molar-refractivity contribution < 1.29 is 33.3 Å². The van der Waals surface area contributed by atoms with Crippen molar-refractivity contribution in [3.05, 3.63) is 35.9 Å². The van der Waals surface area contributed by atoms with E-state index in [0.717, 1.165) is 24.8 Å². The zero-order valence-electron chi connectivity index (χ0n) is 28.0. The van der Waals surface area contributed by atoms with Crippen LogP contribution in [0, 0.1) is 0 Å². The number of ketones is 1. The van der Waals surface area contributed by atoms with Gasteiger partial charge in [0.15, 0.2) is 5.78 Å². The summed E-state index contributed by atoms with van der Waals surface area (Å²) in [5.74, 6) is -0.156. The third-order valence-electron chi connectivity index (χ3n) is 6.70. The summed E-state index contributed by atoms with van der Waals surface area (Å²) in [4.78, 5) is 38.6. The maximum Gasteiger partial charge on any atom is 0.508 e. The summed E-state index contributed by atoms with van der Waals surface area (Å²) >= 11 is 0. The van der Waals surface area contributed by atoms with Crippen LogP contribution >= 0.6 is 0 Å². The first kappa shape index (κ1) is 38.4. The molecule has 8 nitrogen and oxygen atoms in total. The Morgan fingerprint density at radius 1 is 0.721 bits per heavy atom.